The summed E-state index contributed by atoms with van der Waals surface area (Å²) in [7, 11) is 0. The van der Waals surface area contributed by atoms with Crippen molar-refractivity contribution in [2.45, 2.75) is 6.42 Å². The maximum atomic E-state index is 8.59. The van der Waals surface area contributed by atoms with Crippen LogP contribution in [-0.4, -0.2) is 16.4 Å². The summed E-state index contributed by atoms with van der Waals surface area (Å²) in [6, 6.07) is 1.71. The summed E-state index contributed by atoms with van der Waals surface area (Å²) in [5, 5.41) is 7.98. The van der Waals surface area contributed by atoms with Crippen molar-refractivity contribution in [2.24, 2.45) is 0 Å². The molecular weight excluding hydrogens is 200 g/mol. The molecule has 0 aliphatic heterocycles. The normalized spacial score (nSPS) is 15.3. The van der Waals surface area contributed by atoms with Crippen molar-refractivity contribution in [3.63, 3.8) is 0 Å². The summed E-state index contributed by atoms with van der Waals surface area (Å²) < 4.78 is 4.21. The molecule has 0 aromatic carbocycles. The Labute approximate surface area is 67.7 Å². The van der Waals surface area contributed by atoms with Gasteiger partial charge in [-0.25, -0.2) is 0 Å². The second-order valence-corrected chi connectivity index (χ2v) is 7.45. The van der Waals surface area contributed by atoms with E-state index < -0.39 is 5.99 Å². The molecule has 0 aliphatic rings. The summed E-state index contributed by atoms with van der Waals surface area (Å²) in [6.07, 6.45) is 0.0124. The average Bonchev–Trinajstić information content (AvgIpc) is 1.61. The zero-order chi connectivity index (χ0) is 8.28. The van der Waals surface area contributed by atoms with Crippen LogP contribution in [-0.2, 0) is 4.52 Å². The summed E-state index contributed by atoms with van der Waals surface area (Å²) >= 11 is 9.80. The zero-order valence-electron chi connectivity index (χ0n) is 4.87. The van der Waals surface area contributed by atoms with Crippen LogP contribution in [0.4, 0.5) is 0 Å². The van der Waals surface area contributed by atoms with Gasteiger partial charge < -0.3 is 0 Å². The number of hydrogen-bond donors (Lipinski definition) is 2. The van der Waals surface area contributed by atoms with Gasteiger partial charge in [-0.05, 0) is 0 Å². The SMILES string of the molecule is N#CCCOP(O)(O)(Cl)Cl. The molecule has 0 bridgehead atoms. The molecule has 10 heavy (non-hydrogen) atoms. The van der Waals surface area contributed by atoms with E-state index in [0.29, 0.717) is 0 Å². The van der Waals surface area contributed by atoms with E-state index in [0.717, 1.165) is 0 Å². The van der Waals surface area contributed by atoms with Crippen LogP contribution in [0.2, 0.25) is 0 Å². The molecule has 0 atom stereocenters. The Morgan fingerprint density at radius 3 is 2.30 bits per heavy atom. The van der Waals surface area contributed by atoms with Gasteiger partial charge in [0, 0.05) is 0 Å². The Bertz CT molecular complexity index is 150. The summed E-state index contributed by atoms with van der Waals surface area (Å²) in [5.41, 5.74) is 0. The van der Waals surface area contributed by atoms with E-state index >= 15 is 0 Å². The van der Waals surface area contributed by atoms with Crippen LogP contribution < -0.4 is 0 Å². The van der Waals surface area contributed by atoms with Crippen LogP contribution in [0, 0.1) is 11.3 Å². The average molecular weight is 206 g/mol. The summed E-state index contributed by atoms with van der Waals surface area (Å²) in [4.78, 5) is 17.2. The van der Waals surface area contributed by atoms with E-state index in [-0.39, 0.29) is 13.0 Å². The first-order valence-corrected chi connectivity index (χ1v) is 6.16. The second kappa shape index (κ2) is 3.19. The molecule has 0 aromatic heterocycles. The Morgan fingerprint density at radius 2 is 2.00 bits per heavy atom. The molecule has 7 heteroatoms. The number of nitriles is 1. The number of halogens is 2. The van der Waals surface area contributed by atoms with Gasteiger partial charge >= 0.3 is 67.1 Å². The third-order valence-corrected chi connectivity index (χ3v) is 1.71. The van der Waals surface area contributed by atoms with Gasteiger partial charge in [-0.2, -0.15) is 0 Å². The molecule has 4 nitrogen and oxygen atoms in total. The van der Waals surface area contributed by atoms with Crippen molar-refractivity contribution in [1.82, 2.24) is 0 Å². The molecule has 2 N–H and O–H groups in total. The Hall–Kier alpha value is 0.380. The number of rotatable bonds is 3. The van der Waals surface area contributed by atoms with Crippen molar-refractivity contribution in [1.29, 1.82) is 5.26 Å². The fourth-order valence-electron chi connectivity index (χ4n) is 0.242. The van der Waals surface area contributed by atoms with Crippen molar-refractivity contribution in [3.8, 4) is 6.07 Å². The molecular formula is C3H6Cl2NO3P. The van der Waals surface area contributed by atoms with E-state index in [9.17, 15) is 0 Å². The van der Waals surface area contributed by atoms with Crippen LogP contribution in [0.15, 0.2) is 0 Å². The molecule has 0 amide bonds. The molecule has 0 aromatic rings. The number of nitrogens with zero attached hydrogens (tertiary/aromatic N) is 1. The van der Waals surface area contributed by atoms with E-state index in [1.807, 2.05) is 0 Å². The molecule has 0 aliphatic carbocycles. The maximum absolute atomic E-state index is 8.59. The van der Waals surface area contributed by atoms with Crippen LogP contribution in [0.3, 0.4) is 0 Å². The third kappa shape index (κ3) is 8.38. The monoisotopic (exact) mass is 205 g/mol. The summed E-state index contributed by atoms with van der Waals surface area (Å²) in [6.45, 7) is -0.186. The summed E-state index contributed by atoms with van der Waals surface area (Å²) in [5.74, 6) is -4.85. The van der Waals surface area contributed by atoms with Crippen molar-refractivity contribution < 1.29 is 14.3 Å². The zero-order valence-corrected chi connectivity index (χ0v) is 7.27. The van der Waals surface area contributed by atoms with Gasteiger partial charge in [0.2, 0.25) is 0 Å². The van der Waals surface area contributed by atoms with Crippen LogP contribution in [0.1, 0.15) is 6.42 Å². The van der Waals surface area contributed by atoms with Gasteiger partial charge in [-0.1, -0.05) is 0 Å². The Kier molecular flexibility index (Phi) is 3.31. The first kappa shape index (κ1) is 10.4. The van der Waals surface area contributed by atoms with Gasteiger partial charge in [-0.3, -0.25) is 0 Å². The van der Waals surface area contributed by atoms with Crippen LogP contribution in [0.25, 0.3) is 0 Å². The van der Waals surface area contributed by atoms with Crippen molar-refractivity contribution in [3.05, 3.63) is 0 Å². The molecule has 0 saturated carbocycles. The van der Waals surface area contributed by atoms with E-state index in [1.165, 1.54) is 0 Å². The Balaban J connectivity index is 3.62. The first-order chi connectivity index (χ1) is 4.31. The predicted molar refractivity (Wildman–Crippen MR) is 39.2 cm³/mol. The first-order valence-electron chi connectivity index (χ1n) is 2.29. The molecule has 0 radical (unpaired) electrons. The third-order valence-electron chi connectivity index (χ3n) is 0.518. The molecule has 0 spiro atoms. The fourth-order valence-corrected chi connectivity index (χ4v) is 1.05. The van der Waals surface area contributed by atoms with E-state index in [4.69, 9.17) is 37.5 Å². The predicted octanol–water partition coefficient (Wildman–Crippen LogP) is 1.51. The molecule has 0 unspecified atom stereocenters. The quantitative estimate of drug-likeness (QED) is 0.542. The standard InChI is InChI=1S/C3H6Cl2NO3P/c4-10(5,7,8)9-3-1-2-6/h7-8H,1,3H2. The minimum absolute atomic E-state index is 0.0124. The van der Waals surface area contributed by atoms with Gasteiger partial charge in [0.1, 0.15) is 0 Å². The molecule has 0 saturated heterocycles. The molecule has 0 rings (SSSR count). The van der Waals surface area contributed by atoms with Gasteiger partial charge in [0.15, 0.2) is 0 Å². The second-order valence-electron chi connectivity index (χ2n) is 1.50. The van der Waals surface area contributed by atoms with Crippen LogP contribution >= 0.6 is 28.5 Å². The topological polar surface area (TPSA) is 73.5 Å². The van der Waals surface area contributed by atoms with Crippen molar-refractivity contribution >= 4 is 28.5 Å². The van der Waals surface area contributed by atoms with E-state index in [2.05, 4.69) is 4.52 Å². The fraction of sp³-hybridized carbons (Fsp3) is 0.667. The van der Waals surface area contributed by atoms with Gasteiger partial charge in [0.25, 0.3) is 0 Å². The van der Waals surface area contributed by atoms with E-state index in [1.54, 1.807) is 6.07 Å². The molecule has 0 heterocycles. The van der Waals surface area contributed by atoms with Crippen molar-refractivity contribution in [2.75, 3.05) is 6.61 Å². The molecule has 0 fully saturated rings. The minimum atomic E-state index is -4.85. The Morgan fingerprint density at radius 1 is 1.50 bits per heavy atom. The van der Waals surface area contributed by atoms with Crippen LogP contribution in [0.5, 0.6) is 0 Å². The number of hydrogen-bond acceptors (Lipinski definition) is 4. The van der Waals surface area contributed by atoms with Gasteiger partial charge in [-0.15, -0.1) is 0 Å². The molecule has 60 valence electrons. The van der Waals surface area contributed by atoms with Gasteiger partial charge in [0.05, 0.1) is 0 Å².